The zero-order valence-electron chi connectivity index (χ0n) is 15.5. The molecule has 0 bridgehead atoms. The molecule has 2 aromatic rings. The smallest absolute Gasteiger partial charge is 0.271 e. The van der Waals surface area contributed by atoms with Gasteiger partial charge in [-0.15, -0.1) is 0 Å². The van der Waals surface area contributed by atoms with Gasteiger partial charge in [0.15, 0.2) is 0 Å². The van der Waals surface area contributed by atoms with Crippen LogP contribution in [0.1, 0.15) is 19.4 Å². The summed E-state index contributed by atoms with van der Waals surface area (Å²) in [6.07, 6.45) is 2.80. The summed E-state index contributed by atoms with van der Waals surface area (Å²) in [4.78, 5) is 22.4. The Morgan fingerprint density at radius 1 is 1.14 bits per heavy atom. The lowest BCUT2D eigenvalue weighted by Gasteiger charge is -2.18. The summed E-state index contributed by atoms with van der Waals surface area (Å²) in [5.74, 6) is -0.458. The molecule has 2 aromatic carbocycles. The summed E-state index contributed by atoms with van der Waals surface area (Å²) in [6.45, 7) is 4.33. The third-order valence-electron chi connectivity index (χ3n) is 3.97. The van der Waals surface area contributed by atoms with Crippen molar-refractivity contribution in [3.63, 3.8) is 0 Å². The largest absolute Gasteiger partial charge is 0.322 e. The number of anilines is 1. The molecule has 0 unspecified atom stereocenters. The highest BCUT2D eigenvalue weighted by atomic mass is 32.2. The number of benzene rings is 2. The molecule has 1 N–H and O–H groups in total. The van der Waals surface area contributed by atoms with Gasteiger partial charge < -0.3 is 5.32 Å². The van der Waals surface area contributed by atoms with Crippen molar-refractivity contribution in [1.29, 1.82) is 0 Å². The van der Waals surface area contributed by atoms with E-state index in [0.29, 0.717) is 24.3 Å². The third kappa shape index (κ3) is 5.24. The molecule has 0 aliphatic rings. The van der Waals surface area contributed by atoms with E-state index in [4.69, 9.17) is 0 Å². The van der Waals surface area contributed by atoms with E-state index >= 15 is 0 Å². The molecular weight excluding hydrogens is 382 g/mol. The lowest BCUT2D eigenvalue weighted by Crippen LogP contribution is -2.30. The number of carbonyl (C=O) groups is 1. The molecule has 0 saturated carbocycles. The van der Waals surface area contributed by atoms with E-state index in [1.807, 2.05) is 0 Å². The van der Waals surface area contributed by atoms with Gasteiger partial charge in [-0.05, 0) is 29.8 Å². The van der Waals surface area contributed by atoms with Crippen molar-refractivity contribution in [2.45, 2.75) is 18.7 Å². The first-order chi connectivity index (χ1) is 13.3. The third-order valence-corrected chi connectivity index (χ3v) is 6.04. The molecule has 9 heteroatoms. The molecule has 0 aromatic heterocycles. The van der Waals surface area contributed by atoms with Crippen LogP contribution in [0.3, 0.4) is 0 Å². The second-order valence-electron chi connectivity index (χ2n) is 5.79. The summed E-state index contributed by atoms with van der Waals surface area (Å²) < 4.78 is 26.3. The van der Waals surface area contributed by atoms with Gasteiger partial charge in [-0.2, -0.15) is 4.31 Å². The van der Waals surface area contributed by atoms with Gasteiger partial charge in [0.1, 0.15) is 0 Å². The van der Waals surface area contributed by atoms with Gasteiger partial charge in [0.2, 0.25) is 15.9 Å². The Hall–Kier alpha value is -3.04. The van der Waals surface area contributed by atoms with Gasteiger partial charge in [-0.3, -0.25) is 14.9 Å². The fourth-order valence-electron chi connectivity index (χ4n) is 2.52. The second-order valence-corrected chi connectivity index (χ2v) is 7.73. The average Bonchev–Trinajstić information content (AvgIpc) is 2.67. The Kier molecular flexibility index (Phi) is 7.02. The van der Waals surface area contributed by atoms with Gasteiger partial charge in [-0.1, -0.05) is 32.0 Å². The fraction of sp³-hybridized carbons (Fsp3) is 0.211. The zero-order valence-corrected chi connectivity index (χ0v) is 16.3. The topological polar surface area (TPSA) is 110 Å². The molecule has 0 aliphatic carbocycles. The SMILES string of the molecule is CCN(CC)S(=O)(=O)c1ccc(/C=C/C(=O)Nc2cccc([N+](=O)[O-])c2)cc1. The number of carbonyl (C=O) groups excluding carboxylic acids is 1. The lowest BCUT2D eigenvalue weighted by atomic mass is 10.2. The van der Waals surface area contributed by atoms with Crippen molar-refractivity contribution in [3.05, 3.63) is 70.3 Å². The van der Waals surface area contributed by atoms with E-state index in [9.17, 15) is 23.3 Å². The maximum Gasteiger partial charge on any atom is 0.271 e. The summed E-state index contributed by atoms with van der Waals surface area (Å²) in [6, 6.07) is 11.8. The molecule has 0 fully saturated rings. The van der Waals surface area contributed by atoms with Crippen LogP contribution in [0.2, 0.25) is 0 Å². The van der Waals surface area contributed by atoms with Gasteiger partial charge in [0.25, 0.3) is 5.69 Å². The van der Waals surface area contributed by atoms with Gasteiger partial charge in [0.05, 0.1) is 9.82 Å². The van der Waals surface area contributed by atoms with Gasteiger partial charge in [0, 0.05) is 37.0 Å². The van der Waals surface area contributed by atoms with Crippen molar-refractivity contribution in [3.8, 4) is 0 Å². The highest BCUT2D eigenvalue weighted by molar-refractivity contribution is 7.89. The molecule has 1 amide bonds. The van der Waals surface area contributed by atoms with E-state index in [-0.39, 0.29) is 10.6 Å². The number of nitrogens with zero attached hydrogens (tertiary/aromatic N) is 2. The maximum atomic E-state index is 12.4. The summed E-state index contributed by atoms with van der Waals surface area (Å²) in [5, 5.41) is 13.3. The number of nitro groups is 1. The van der Waals surface area contributed by atoms with E-state index in [1.165, 1.54) is 46.8 Å². The van der Waals surface area contributed by atoms with Crippen molar-refractivity contribution >= 4 is 33.4 Å². The van der Waals surface area contributed by atoms with Crippen LogP contribution >= 0.6 is 0 Å². The predicted molar refractivity (Wildman–Crippen MR) is 107 cm³/mol. The molecule has 0 spiro atoms. The number of nitro benzene ring substituents is 1. The quantitative estimate of drug-likeness (QED) is 0.413. The van der Waals surface area contributed by atoms with E-state index in [1.54, 1.807) is 32.0 Å². The average molecular weight is 403 g/mol. The van der Waals surface area contributed by atoms with Crippen LogP contribution in [0, 0.1) is 10.1 Å². The van der Waals surface area contributed by atoms with Crippen LogP contribution < -0.4 is 5.32 Å². The molecular formula is C19H21N3O5S. The standard InChI is InChI=1S/C19H21N3O5S/c1-3-21(4-2)28(26,27)18-11-8-15(9-12-18)10-13-19(23)20-16-6-5-7-17(14-16)22(24)25/h5-14H,3-4H2,1-2H3,(H,20,23)/b13-10+. The number of non-ortho nitro benzene ring substituents is 1. The zero-order chi connectivity index (χ0) is 20.7. The van der Waals surface area contributed by atoms with Crippen LogP contribution in [0.4, 0.5) is 11.4 Å². The summed E-state index contributed by atoms with van der Waals surface area (Å²) >= 11 is 0. The first-order valence-electron chi connectivity index (χ1n) is 8.61. The number of nitrogens with one attached hydrogen (secondary N) is 1. The minimum Gasteiger partial charge on any atom is -0.322 e. The highest BCUT2D eigenvalue weighted by Gasteiger charge is 2.20. The molecule has 28 heavy (non-hydrogen) atoms. The Bertz CT molecular complexity index is 981. The number of rotatable bonds is 8. The van der Waals surface area contributed by atoms with E-state index in [0.717, 1.165) is 0 Å². The van der Waals surface area contributed by atoms with Crippen molar-refractivity contribution in [2.24, 2.45) is 0 Å². The second kappa shape index (κ2) is 9.25. The molecule has 8 nitrogen and oxygen atoms in total. The minimum absolute atomic E-state index is 0.119. The predicted octanol–water partition coefficient (Wildman–Crippen LogP) is 3.28. The first kappa shape index (κ1) is 21.3. The lowest BCUT2D eigenvalue weighted by molar-refractivity contribution is -0.384. The molecule has 0 saturated heterocycles. The van der Waals surface area contributed by atoms with Gasteiger partial charge >= 0.3 is 0 Å². The Labute approximate surface area is 163 Å². The first-order valence-corrected chi connectivity index (χ1v) is 10.1. The Morgan fingerprint density at radius 3 is 2.36 bits per heavy atom. The van der Waals surface area contributed by atoms with Crippen molar-refractivity contribution < 1.29 is 18.1 Å². The van der Waals surface area contributed by atoms with E-state index < -0.39 is 20.9 Å². The molecule has 0 heterocycles. The molecule has 148 valence electrons. The summed E-state index contributed by atoms with van der Waals surface area (Å²) in [7, 11) is -3.53. The van der Waals surface area contributed by atoms with E-state index in [2.05, 4.69) is 5.32 Å². The maximum absolute atomic E-state index is 12.4. The highest BCUT2D eigenvalue weighted by Crippen LogP contribution is 2.18. The van der Waals surface area contributed by atoms with Crippen LogP contribution in [0.5, 0.6) is 0 Å². The molecule has 0 atom stereocenters. The molecule has 0 radical (unpaired) electrons. The fourth-order valence-corrected chi connectivity index (χ4v) is 3.97. The molecule has 0 aliphatic heterocycles. The van der Waals surface area contributed by atoms with Crippen LogP contribution in [-0.4, -0.2) is 36.6 Å². The normalized spacial score (nSPS) is 11.7. The Morgan fingerprint density at radius 2 is 1.79 bits per heavy atom. The minimum atomic E-state index is -3.53. The van der Waals surface area contributed by atoms with Crippen LogP contribution in [0.25, 0.3) is 6.08 Å². The number of amides is 1. The Balaban J connectivity index is 2.07. The van der Waals surface area contributed by atoms with Crippen LogP contribution in [-0.2, 0) is 14.8 Å². The van der Waals surface area contributed by atoms with Gasteiger partial charge in [-0.25, -0.2) is 8.42 Å². The number of hydrogen-bond acceptors (Lipinski definition) is 5. The molecule has 2 rings (SSSR count). The van der Waals surface area contributed by atoms with Crippen molar-refractivity contribution in [2.75, 3.05) is 18.4 Å². The van der Waals surface area contributed by atoms with Crippen LogP contribution in [0.15, 0.2) is 59.5 Å². The van der Waals surface area contributed by atoms with Crippen molar-refractivity contribution in [1.82, 2.24) is 4.31 Å². The summed E-state index contributed by atoms with van der Waals surface area (Å²) in [5.41, 5.74) is 0.837. The number of hydrogen-bond donors (Lipinski definition) is 1. The number of sulfonamides is 1. The monoisotopic (exact) mass is 403 g/mol.